The van der Waals surface area contributed by atoms with Gasteiger partial charge in [0.2, 0.25) is 0 Å². The highest BCUT2D eigenvalue weighted by molar-refractivity contribution is 7.99. The third-order valence-electron chi connectivity index (χ3n) is 1.95. The Labute approximate surface area is 95.3 Å². The molecule has 0 N–H and O–H groups in total. The maximum absolute atomic E-state index is 13.1. The molecule has 0 aliphatic rings. The molecule has 6 heteroatoms. The number of thioether (sulfide) groups is 1. The van der Waals surface area contributed by atoms with Crippen LogP contribution in [0.1, 0.15) is 26.2 Å². The van der Waals surface area contributed by atoms with Crippen LogP contribution in [0, 0.1) is 23.5 Å². The summed E-state index contributed by atoms with van der Waals surface area (Å²) in [7, 11) is 0. The van der Waals surface area contributed by atoms with Crippen molar-refractivity contribution in [2.75, 3.05) is 5.75 Å². The number of nitrogens with zero attached hydrogens (tertiary/aromatic N) is 1. The van der Waals surface area contributed by atoms with E-state index in [0.29, 0.717) is 5.75 Å². The predicted octanol–water partition coefficient (Wildman–Crippen LogP) is 3.92. The van der Waals surface area contributed by atoms with Gasteiger partial charge in [-0.3, -0.25) is 0 Å². The van der Waals surface area contributed by atoms with E-state index in [1.165, 1.54) is 0 Å². The number of aromatic nitrogens is 1. The zero-order valence-electron chi connectivity index (χ0n) is 8.70. The van der Waals surface area contributed by atoms with Gasteiger partial charge in [0, 0.05) is 0 Å². The Hall–Kier alpha value is -0.780. The van der Waals surface area contributed by atoms with E-state index in [1.54, 1.807) is 0 Å². The summed E-state index contributed by atoms with van der Waals surface area (Å²) in [5, 5.41) is 0. The van der Waals surface area contributed by atoms with Crippen LogP contribution in [0.3, 0.4) is 0 Å². The fourth-order valence-electron chi connectivity index (χ4n) is 1.12. The van der Waals surface area contributed by atoms with Crippen LogP contribution in [0.2, 0.25) is 0 Å². The van der Waals surface area contributed by atoms with Gasteiger partial charge in [-0.25, -0.2) is 8.78 Å². The summed E-state index contributed by atoms with van der Waals surface area (Å²) < 4.78 is 51.6. The summed E-state index contributed by atoms with van der Waals surface area (Å²) in [5.74, 6) is -5.61. The first-order valence-corrected chi connectivity index (χ1v) is 5.89. The molecule has 90 valence electrons. The van der Waals surface area contributed by atoms with Gasteiger partial charge in [-0.2, -0.15) is 13.8 Å². The van der Waals surface area contributed by atoms with Gasteiger partial charge in [0.25, 0.3) is 11.9 Å². The van der Waals surface area contributed by atoms with Crippen LogP contribution in [0.15, 0.2) is 4.90 Å². The highest BCUT2D eigenvalue weighted by Crippen LogP contribution is 2.28. The highest BCUT2D eigenvalue weighted by Gasteiger charge is 2.20. The summed E-state index contributed by atoms with van der Waals surface area (Å²) in [6.07, 6.45) is 2.61. The summed E-state index contributed by atoms with van der Waals surface area (Å²) >= 11 is 0.772. The molecule has 16 heavy (non-hydrogen) atoms. The Morgan fingerprint density at radius 2 is 1.56 bits per heavy atom. The van der Waals surface area contributed by atoms with Crippen molar-refractivity contribution in [1.82, 2.24) is 4.98 Å². The first-order chi connectivity index (χ1) is 7.57. The van der Waals surface area contributed by atoms with Crippen molar-refractivity contribution in [2.45, 2.75) is 31.1 Å². The molecule has 0 aromatic carbocycles. The van der Waals surface area contributed by atoms with Gasteiger partial charge >= 0.3 is 0 Å². The first-order valence-electron chi connectivity index (χ1n) is 4.90. The molecule has 0 radical (unpaired) electrons. The topological polar surface area (TPSA) is 12.9 Å². The molecule has 0 unspecified atom stereocenters. The molecule has 0 saturated heterocycles. The van der Waals surface area contributed by atoms with Crippen LogP contribution >= 0.6 is 11.8 Å². The van der Waals surface area contributed by atoms with Crippen molar-refractivity contribution < 1.29 is 17.6 Å². The Kier molecular flexibility index (Phi) is 5.05. The fraction of sp³-hybridized carbons (Fsp3) is 0.500. The quantitative estimate of drug-likeness (QED) is 0.341. The molecule has 0 aliphatic heterocycles. The Morgan fingerprint density at radius 3 is 2.06 bits per heavy atom. The predicted molar refractivity (Wildman–Crippen MR) is 54.3 cm³/mol. The largest absolute Gasteiger partial charge is 0.252 e. The molecule has 0 spiro atoms. The van der Waals surface area contributed by atoms with E-state index in [9.17, 15) is 17.6 Å². The monoisotopic (exact) mass is 253 g/mol. The number of pyridine rings is 1. The van der Waals surface area contributed by atoms with Crippen molar-refractivity contribution in [1.29, 1.82) is 0 Å². The van der Waals surface area contributed by atoms with Gasteiger partial charge < -0.3 is 0 Å². The zero-order valence-corrected chi connectivity index (χ0v) is 9.51. The van der Waals surface area contributed by atoms with Crippen LogP contribution in [-0.2, 0) is 0 Å². The highest BCUT2D eigenvalue weighted by atomic mass is 32.2. The van der Waals surface area contributed by atoms with Crippen LogP contribution in [0.4, 0.5) is 17.6 Å². The molecule has 1 heterocycles. The van der Waals surface area contributed by atoms with E-state index < -0.39 is 28.4 Å². The van der Waals surface area contributed by atoms with Crippen LogP contribution < -0.4 is 0 Å². The second-order valence-electron chi connectivity index (χ2n) is 3.21. The number of hydrogen-bond acceptors (Lipinski definition) is 2. The number of rotatable bonds is 5. The van der Waals surface area contributed by atoms with Crippen molar-refractivity contribution >= 4 is 11.8 Å². The molecule has 0 atom stereocenters. The lowest BCUT2D eigenvalue weighted by atomic mass is 10.3. The third-order valence-corrected chi connectivity index (χ3v) is 3.09. The maximum atomic E-state index is 13.1. The molecule has 1 aromatic rings. The van der Waals surface area contributed by atoms with Crippen LogP contribution in [0.25, 0.3) is 0 Å². The summed E-state index contributed by atoms with van der Waals surface area (Å²) in [5.41, 5.74) is 0. The summed E-state index contributed by atoms with van der Waals surface area (Å²) in [6.45, 7) is 1.98. The van der Waals surface area contributed by atoms with Gasteiger partial charge in [-0.05, 0) is 12.2 Å². The summed E-state index contributed by atoms with van der Waals surface area (Å²) in [6, 6.07) is 0. The zero-order chi connectivity index (χ0) is 12.1. The lowest BCUT2D eigenvalue weighted by Gasteiger charge is -2.05. The Bertz CT molecular complexity index is 344. The minimum atomic E-state index is -1.60. The molecule has 1 aromatic heterocycles. The van der Waals surface area contributed by atoms with E-state index in [0.717, 1.165) is 31.0 Å². The minimum Gasteiger partial charge on any atom is -0.201 e. The van der Waals surface area contributed by atoms with E-state index in [2.05, 4.69) is 4.98 Å². The van der Waals surface area contributed by atoms with Crippen LogP contribution in [-0.4, -0.2) is 10.7 Å². The van der Waals surface area contributed by atoms with Gasteiger partial charge in [0.15, 0.2) is 11.6 Å². The SMILES string of the molecule is CCCCCSc1c(F)c(F)nc(F)c1F. The van der Waals surface area contributed by atoms with E-state index >= 15 is 0 Å². The lowest BCUT2D eigenvalue weighted by Crippen LogP contribution is -2.02. The van der Waals surface area contributed by atoms with Crippen molar-refractivity contribution in [3.8, 4) is 0 Å². The van der Waals surface area contributed by atoms with E-state index in [-0.39, 0.29) is 0 Å². The van der Waals surface area contributed by atoms with E-state index in [1.807, 2.05) is 6.92 Å². The Balaban J connectivity index is 2.78. The molecule has 0 bridgehead atoms. The lowest BCUT2D eigenvalue weighted by molar-refractivity contribution is 0.383. The van der Waals surface area contributed by atoms with Gasteiger partial charge in [0.1, 0.15) is 0 Å². The second kappa shape index (κ2) is 6.08. The smallest absolute Gasteiger partial charge is 0.201 e. The molecule has 1 nitrogen and oxygen atoms in total. The second-order valence-corrected chi connectivity index (χ2v) is 4.31. The van der Waals surface area contributed by atoms with Crippen molar-refractivity contribution in [3.05, 3.63) is 23.5 Å². The normalized spacial score (nSPS) is 10.8. The maximum Gasteiger partial charge on any atom is 0.252 e. The van der Waals surface area contributed by atoms with Crippen molar-refractivity contribution in [3.63, 3.8) is 0 Å². The van der Waals surface area contributed by atoms with Crippen molar-refractivity contribution in [2.24, 2.45) is 0 Å². The van der Waals surface area contributed by atoms with Gasteiger partial charge in [0.05, 0.1) is 4.90 Å². The standard InChI is InChI=1S/C10H11F4NS/c1-2-3-4-5-16-8-6(11)9(13)15-10(14)7(8)12/h2-5H2,1H3. The average molecular weight is 253 g/mol. The number of halogens is 4. The Morgan fingerprint density at radius 1 is 1.00 bits per heavy atom. The van der Waals surface area contributed by atoms with Gasteiger partial charge in [-0.1, -0.05) is 19.8 Å². The number of hydrogen-bond donors (Lipinski definition) is 0. The molecule has 0 fully saturated rings. The molecular weight excluding hydrogens is 242 g/mol. The molecule has 0 saturated carbocycles. The van der Waals surface area contributed by atoms with E-state index in [4.69, 9.17) is 0 Å². The first kappa shape index (κ1) is 13.3. The number of unbranched alkanes of at least 4 members (excludes halogenated alkanes) is 2. The molecule has 1 rings (SSSR count). The molecular formula is C10H11F4NS. The molecule has 0 aliphatic carbocycles. The average Bonchev–Trinajstić information content (AvgIpc) is 2.25. The molecule has 0 amide bonds. The summed E-state index contributed by atoms with van der Waals surface area (Å²) in [4.78, 5) is 1.86. The fourth-order valence-corrected chi connectivity index (χ4v) is 2.10. The third kappa shape index (κ3) is 3.10. The van der Waals surface area contributed by atoms with Crippen LogP contribution in [0.5, 0.6) is 0 Å². The minimum absolute atomic E-state index is 0.421. The van der Waals surface area contributed by atoms with Gasteiger partial charge in [-0.15, -0.1) is 11.8 Å².